The summed E-state index contributed by atoms with van der Waals surface area (Å²) in [5, 5.41) is 0.772. The maximum Gasteiger partial charge on any atom is 0.239 e. The first-order valence-electron chi connectivity index (χ1n) is 9.25. The van der Waals surface area contributed by atoms with Gasteiger partial charge in [-0.2, -0.15) is 0 Å². The molecule has 1 atom stereocenters. The van der Waals surface area contributed by atoms with Gasteiger partial charge in [-0.15, -0.1) is 0 Å². The van der Waals surface area contributed by atoms with E-state index in [-0.39, 0.29) is 17.9 Å². The summed E-state index contributed by atoms with van der Waals surface area (Å²) in [4.78, 5) is 32.5. The summed E-state index contributed by atoms with van der Waals surface area (Å²) in [7, 11) is 0. The van der Waals surface area contributed by atoms with Gasteiger partial charge in [0.15, 0.2) is 0 Å². The van der Waals surface area contributed by atoms with E-state index in [9.17, 15) is 9.59 Å². The van der Waals surface area contributed by atoms with Gasteiger partial charge in [-0.3, -0.25) is 14.5 Å². The molecule has 2 aliphatic rings. The zero-order valence-corrected chi connectivity index (χ0v) is 16.3. The number of hydrogen-bond acceptors (Lipinski definition) is 4. The molecule has 0 bridgehead atoms. The van der Waals surface area contributed by atoms with Crippen molar-refractivity contribution in [3.63, 3.8) is 0 Å². The number of anilines is 1. The maximum absolute atomic E-state index is 12.8. The fourth-order valence-corrected chi connectivity index (χ4v) is 3.98. The number of hydrogen-bond donors (Lipinski definition) is 0. The molecule has 1 aromatic carbocycles. The minimum atomic E-state index is -0.132. The average molecular weight is 379 g/mol. The Kier molecular flexibility index (Phi) is 6.04. The predicted molar refractivity (Wildman–Crippen MR) is 104 cm³/mol. The summed E-state index contributed by atoms with van der Waals surface area (Å²) < 4.78 is 0. The lowest BCUT2D eigenvalue weighted by molar-refractivity contribution is -0.142. The van der Waals surface area contributed by atoms with E-state index in [0.29, 0.717) is 26.2 Å². The summed E-state index contributed by atoms with van der Waals surface area (Å²) >= 11 is 6.30. The van der Waals surface area contributed by atoms with Gasteiger partial charge in [0.05, 0.1) is 16.8 Å². The smallest absolute Gasteiger partial charge is 0.239 e. The van der Waals surface area contributed by atoms with E-state index in [4.69, 9.17) is 11.6 Å². The Hall–Kier alpha value is -1.79. The van der Waals surface area contributed by atoms with Crippen LogP contribution in [0.5, 0.6) is 0 Å². The second kappa shape index (κ2) is 8.27. The number of carbonyl (C=O) groups is 2. The fourth-order valence-electron chi connectivity index (χ4n) is 3.72. The highest BCUT2D eigenvalue weighted by Crippen LogP contribution is 2.26. The Bertz CT molecular complexity index is 653. The number of rotatable bonds is 3. The van der Waals surface area contributed by atoms with Crippen LogP contribution in [0.3, 0.4) is 0 Å². The van der Waals surface area contributed by atoms with Gasteiger partial charge in [0.25, 0.3) is 0 Å². The van der Waals surface area contributed by atoms with Crippen molar-refractivity contribution < 1.29 is 9.59 Å². The molecule has 1 unspecified atom stereocenters. The van der Waals surface area contributed by atoms with Crippen LogP contribution < -0.4 is 4.90 Å². The van der Waals surface area contributed by atoms with Crippen molar-refractivity contribution in [2.75, 3.05) is 57.3 Å². The van der Waals surface area contributed by atoms with Crippen LogP contribution in [0.25, 0.3) is 0 Å². The first-order chi connectivity index (χ1) is 12.5. The van der Waals surface area contributed by atoms with Crippen LogP contribution in [0.15, 0.2) is 24.3 Å². The molecule has 6 nitrogen and oxygen atoms in total. The molecule has 0 aliphatic carbocycles. The van der Waals surface area contributed by atoms with Crippen LogP contribution in [0.2, 0.25) is 5.02 Å². The zero-order valence-electron chi connectivity index (χ0n) is 15.5. The second-order valence-corrected chi connectivity index (χ2v) is 7.39. The van der Waals surface area contributed by atoms with Crippen LogP contribution in [-0.2, 0) is 9.59 Å². The van der Waals surface area contributed by atoms with Gasteiger partial charge in [-0.05, 0) is 19.1 Å². The van der Waals surface area contributed by atoms with Crippen LogP contribution >= 0.6 is 11.6 Å². The topological polar surface area (TPSA) is 47.1 Å². The quantitative estimate of drug-likeness (QED) is 0.800. The molecule has 3 rings (SSSR count). The number of benzene rings is 1. The first-order valence-corrected chi connectivity index (χ1v) is 9.63. The number of nitrogens with zero attached hydrogens (tertiary/aromatic N) is 4. The van der Waals surface area contributed by atoms with Crippen molar-refractivity contribution >= 4 is 29.1 Å². The largest absolute Gasteiger partial charge is 0.368 e. The molecular weight excluding hydrogens is 352 g/mol. The molecule has 1 aromatic rings. The molecular formula is C19H27ClN4O2. The Labute approximate surface area is 160 Å². The van der Waals surface area contributed by atoms with E-state index in [1.807, 2.05) is 36.1 Å². The fraction of sp³-hybridized carbons (Fsp3) is 0.579. The van der Waals surface area contributed by atoms with Gasteiger partial charge in [0.1, 0.15) is 0 Å². The third kappa shape index (κ3) is 4.13. The minimum Gasteiger partial charge on any atom is -0.368 e. The van der Waals surface area contributed by atoms with Crippen molar-refractivity contribution in [3.05, 3.63) is 29.3 Å². The number of amides is 2. The van der Waals surface area contributed by atoms with E-state index in [0.717, 1.165) is 36.9 Å². The standard InChI is InChI=1S/C19H27ClN4O2/c1-15(19(26)24-13-9-22(10-14-24)16(2)25)21-7-11-23(12-8-21)18-6-4-3-5-17(18)20/h3-6,15H,7-14H2,1-2H3. The molecule has 2 saturated heterocycles. The molecule has 0 radical (unpaired) electrons. The third-order valence-electron chi connectivity index (χ3n) is 5.45. The summed E-state index contributed by atoms with van der Waals surface area (Å²) in [5.74, 6) is 0.250. The average Bonchev–Trinajstić information content (AvgIpc) is 2.67. The number of para-hydroxylation sites is 1. The molecule has 26 heavy (non-hydrogen) atoms. The normalized spacial score (nSPS) is 20.2. The Morgan fingerprint density at radius 2 is 1.50 bits per heavy atom. The van der Waals surface area contributed by atoms with Crippen LogP contribution in [0.4, 0.5) is 5.69 Å². The third-order valence-corrected chi connectivity index (χ3v) is 5.77. The highest BCUT2D eigenvalue weighted by molar-refractivity contribution is 6.33. The first kappa shape index (κ1) is 19.0. The maximum atomic E-state index is 12.8. The van der Waals surface area contributed by atoms with Crippen molar-refractivity contribution in [1.29, 1.82) is 0 Å². The molecule has 7 heteroatoms. The molecule has 2 heterocycles. The second-order valence-electron chi connectivity index (χ2n) is 6.98. The molecule has 2 aliphatic heterocycles. The molecule has 0 N–H and O–H groups in total. The summed E-state index contributed by atoms with van der Waals surface area (Å²) in [6.45, 7) is 9.49. The number of carbonyl (C=O) groups excluding carboxylic acids is 2. The molecule has 0 aromatic heterocycles. The molecule has 0 spiro atoms. The predicted octanol–water partition coefficient (Wildman–Crippen LogP) is 1.54. The van der Waals surface area contributed by atoms with Crippen molar-refractivity contribution in [1.82, 2.24) is 14.7 Å². The number of piperazine rings is 2. The van der Waals surface area contributed by atoms with Crippen molar-refractivity contribution in [3.8, 4) is 0 Å². The van der Waals surface area contributed by atoms with E-state index < -0.39 is 0 Å². The molecule has 142 valence electrons. The lowest BCUT2D eigenvalue weighted by Gasteiger charge is -2.41. The van der Waals surface area contributed by atoms with E-state index in [1.54, 1.807) is 11.8 Å². The monoisotopic (exact) mass is 378 g/mol. The van der Waals surface area contributed by atoms with Crippen molar-refractivity contribution in [2.24, 2.45) is 0 Å². The summed E-state index contributed by atoms with van der Waals surface area (Å²) in [6.07, 6.45) is 0. The minimum absolute atomic E-state index is 0.0841. The Morgan fingerprint density at radius 3 is 2.08 bits per heavy atom. The van der Waals surface area contributed by atoms with Gasteiger partial charge in [-0.25, -0.2) is 0 Å². The lowest BCUT2D eigenvalue weighted by Crippen LogP contribution is -2.57. The summed E-state index contributed by atoms with van der Waals surface area (Å²) in [6, 6.07) is 7.76. The SMILES string of the molecule is CC(=O)N1CCN(C(=O)C(C)N2CCN(c3ccccc3Cl)CC2)CC1. The van der Waals surface area contributed by atoms with E-state index in [1.165, 1.54) is 0 Å². The van der Waals surface area contributed by atoms with E-state index >= 15 is 0 Å². The summed E-state index contributed by atoms with van der Waals surface area (Å²) in [5.41, 5.74) is 1.06. The molecule has 2 fully saturated rings. The van der Waals surface area contributed by atoms with Crippen LogP contribution in [0.1, 0.15) is 13.8 Å². The van der Waals surface area contributed by atoms with Crippen LogP contribution in [0, 0.1) is 0 Å². The van der Waals surface area contributed by atoms with E-state index in [2.05, 4.69) is 9.80 Å². The van der Waals surface area contributed by atoms with Gasteiger partial charge in [0, 0.05) is 59.3 Å². The van der Waals surface area contributed by atoms with Gasteiger partial charge in [-0.1, -0.05) is 23.7 Å². The van der Waals surface area contributed by atoms with Gasteiger partial charge < -0.3 is 14.7 Å². The van der Waals surface area contributed by atoms with Crippen molar-refractivity contribution in [2.45, 2.75) is 19.9 Å². The highest BCUT2D eigenvalue weighted by Gasteiger charge is 2.31. The molecule has 0 saturated carbocycles. The Balaban J connectivity index is 1.52. The highest BCUT2D eigenvalue weighted by atomic mass is 35.5. The molecule has 2 amide bonds. The van der Waals surface area contributed by atoms with Crippen LogP contribution in [-0.4, -0.2) is 84.9 Å². The zero-order chi connectivity index (χ0) is 18.7. The van der Waals surface area contributed by atoms with Gasteiger partial charge >= 0.3 is 0 Å². The lowest BCUT2D eigenvalue weighted by atomic mass is 10.1. The Morgan fingerprint density at radius 1 is 0.923 bits per heavy atom. The van der Waals surface area contributed by atoms with Gasteiger partial charge in [0.2, 0.25) is 11.8 Å². The number of halogens is 1.